The van der Waals surface area contributed by atoms with Crippen LogP contribution in [0.2, 0.25) is 0 Å². The van der Waals surface area contributed by atoms with Gasteiger partial charge in [-0.05, 0) is 17.7 Å². The van der Waals surface area contributed by atoms with Crippen molar-refractivity contribution in [3.05, 3.63) is 65.4 Å². The number of para-hydroxylation sites is 1. The van der Waals surface area contributed by atoms with Crippen molar-refractivity contribution in [2.24, 2.45) is 5.10 Å². The van der Waals surface area contributed by atoms with Crippen LogP contribution in [-0.4, -0.2) is 51.6 Å². The first-order valence-corrected chi connectivity index (χ1v) is 9.79. The zero-order valence-electron chi connectivity index (χ0n) is 17.4. The van der Waals surface area contributed by atoms with Gasteiger partial charge in [0.1, 0.15) is 17.4 Å². The van der Waals surface area contributed by atoms with E-state index in [2.05, 4.69) is 30.8 Å². The zero-order valence-corrected chi connectivity index (χ0v) is 17.4. The van der Waals surface area contributed by atoms with Gasteiger partial charge in [0.05, 0.1) is 18.9 Å². The summed E-state index contributed by atoms with van der Waals surface area (Å²) >= 11 is 0. The van der Waals surface area contributed by atoms with E-state index in [1.807, 2.05) is 24.3 Å². The monoisotopic (exact) mass is 432 g/mol. The van der Waals surface area contributed by atoms with Crippen LogP contribution in [0.4, 0.5) is 0 Å². The highest BCUT2D eigenvalue weighted by Gasteiger charge is 2.28. The van der Waals surface area contributed by atoms with E-state index in [-0.39, 0.29) is 18.2 Å². The van der Waals surface area contributed by atoms with E-state index in [0.717, 1.165) is 16.5 Å². The highest BCUT2D eigenvalue weighted by atomic mass is 16.5. The molecule has 10 nitrogen and oxygen atoms in total. The maximum atomic E-state index is 12.5. The first-order chi connectivity index (χ1) is 15.5. The standard InChI is InChI=1S/C22H20N6O4/c1-12(29)25-18(22(31)32-2)9-14-13-5-3-4-6-16(13)26-17(14)10-15-20(27-28-21(15)30)19-11-23-7-8-24-19/h3-8,10-11,18,26H,9H2,1-2H3,(H,25,29)(H,28,30)/b15-10-. The normalized spacial score (nSPS) is 15.4. The molecule has 1 aromatic carbocycles. The smallest absolute Gasteiger partial charge is 0.328 e. The Morgan fingerprint density at radius 3 is 2.78 bits per heavy atom. The van der Waals surface area contributed by atoms with Gasteiger partial charge < -0.3 is 15.0 Å². The predicted molar refractivity (Wildman–Crippen MR) is 116 cm³/mol. The second kappa shape index (κ2) is 8.80. The Kier molecular flexibility index (Phi) is 5.75. The minimum Gasteiger partial charge on any atom is -0.467 e. The zero-order chi connectivity index (χ0) is 22.7. The summed E-state index contributed by atoms with van der Waals surface area (Å²) in [6.07, 6.45) is 6.38. The van der Waals surface area contributed by atoms with Crippen molar-refractivity contribution in [3.63, 3.8) is 0 Å². The molecule has 0 spiro atoms. The highest BCUT2D eigenvalue weighted by Crippen LogP contribution is 2.27. The number of carbonyl (C=O) groups excluding carboxylic acids is 3. The van der Waals surface area contributed by atoms with Crippen LogP contribution in [0, 0.1) is 0 Å². The molecule has 1 aliphatic heterocycles. The molecule has 0 radical (unpaired) electrons. The quantitative estimate of drug-likeness (QED) is 0.394. The summed E-state index contributed by atoms with van der Waals surface area (Å²) in [5.41, 5.74) is 5.73. The number of hydrogen-bond donors (Lipinski definition) is 3. The molecule has 10 heteroatoms. The lowest BCUT2D eigenvalue weighted by molar-refractivity contribution is -0.144. The lowest BCUT2D eigenvalue weighted by Gasteiger charge is -2.16. The minimum atomic E-state index is -0.889. The van der Waals surface area contributed by atoms with Crippen molar-refractivity contribution in [1.29, 1.82) is 0 Å². The number of amides is 2. The third-order valence-corrected chi connectivity index (χ3v) is 4.98. The Bertz CT molecular complexity index is 1260. The average molecular weight is 432 g/mol. The van der Waals surface area contributed by atoms with Crippen LogP contribution in [0.1, 0.15) is 23.9 Å². The Morgan fingerprint density at radius 2 is 2.06 bits per heavy atom. The van der Waals surface area contributed by atoms with Crippen LogP contribution >= 0.6 is 0 Å². The second-order valence-corrected chi connectivity index (χ2v) is 7.09. The van der Waals surface area contributed by atoms with Gasteiger partial charge in [0.2, 0.25) is 5.91 Å². The molecular weight excluding hydrogens is 412 g/mol. The molecule has 1 atom stereocenters. The second-order valence-electron chi connectivity index (χ2n) is 7.09. The fourth-order valence-electron chi connectivity index (χ4n) is 3.58. The van der Waals surface area contributed by atoms with Crippen molar-refractivity contribution < 1.29 is 19.1 Å². The number of rotatable bonds is 6. The maximum absolute atomic E-state index is 12.5. The molecule has 0 fully saturated rings. The van der Waals surface area contributed by atoms with Crippen LogP contribution in [0.15, 0.2) is 53.5 Å². The summed E-state index contributed by atoms with van der Waals surface area (Å²) in [6.45, 7) is 1.33. The van der Waals surface area contributed by atoms with Gasteiger partial charge in [-0.1, -0.05) is 18.2 Å². The molecule has 3 aromatic rings. The van der Waals surface area contributed by atoms with Gasteiger partial charge in [-0.15, -0.1) is 0 Å². The molecule has 3 heterocycles. The number of hydrogen-bond acceptors (Lipinski definition) is 7. The molecule has 4 rings (SSSR count). The Labute approximate surface area is 182 Å². The van der Waals surface area contributed by atoms with Gasteiger partial charge in [-0.25, -0.2) is 10.2 Å². The molecule has 0 bridgehead atoms. The molecule has 1 aliphatic rings. The summed E-state index contributed by atoms with van der Waals surface area (Å²) in [7, 11) is 1.27. The lowest BCUT2D eigenvalue weighted by atomic mass is 9.99. The molecule has 3 N–H and O–H groups in total. The maximum Gasteiger partial charge on any atom is 0.328 e. The number of fused-ring (bicyclic) bond motifs is 1. The molecular formula is C22H20N6O4. The molecule has 32 heavy (non-hydrogen) atoms. The van der Waals surface area contributed by atoms with Crippen LogP contribution < -0.4 is 10.7 Å². The fraction of sp³-hybridized carbons (Fsp3) is 0.182. The molecule has 2 aromatic heterocycles. The number of nitrogens with zero attached hydrogens (tertiary/aromatic N) is 3. The lowest BCUT2D eigenvalue weighted by Crippen LogP contribution is -2.42. The Balaban J connectivity index is 1.81. The topological polar surface area (TPSA) is 138 Å². The number of H-pyrrole nitrogens is 1. The number of hydrazone groups is 1. The van der Waals surface area contributed by atoms with E-state index >= 15 is 0 Å². The first kappa shape index (κ1) is 20.9. The highest BCUT2D eigenvalue weighted by molar-refractivity contribution is 6.32. The van der Waals surface area contributed by atoms with E-state index in [1.165, 1.54) is 32.6 Å². The number of aromatic amines is 1. The van der Waals surface area contributed by atoms with Gasteiger partial charge in [0, 0.05) is 42.3 Å². The summed E-state index contributed by atoms with van der Waals surface area (Å²) in [6, 6.07) is 6.65. The number of methoxy groups -OCH3 is 1. The van der Waals surface area contributed by atoms with E-state index < -0.39 is 12.0 Å². The summed E-state index contributed by atoms with van der Waals surface area (Å²) < 4.78 is 4.86. The molecule has 0 saturated heterocycles. The van der Waals surface area contributed by atoms with Crippen molar-refractivity contribution in [3.8, 4) is 0 Å². The number of aromatic nitrogens is 3. The number of esters is 1. The van der Waals surface area contributed by atoms with E-state index in [4.69, 9.17) is 4.74 Å². The van der Waals surface area contributed by atoms with Gasteiger partial charge in [0.15, 0.2) is 0 Å². The minimum absolute atomic E-state index is 0.161. The Morgan fingerprint density at radius 1 is 1.25 bits per heavy atom. The molecule has 162 valence electrons. The number of benzene rings is 1. The summed E-state index contributed by atoms with van der Waals surface area (Å²) in [5.74, 6) is -1.31. The van der Waals surface area contributed by atoms with Crippen molar-refractivity contribution in [2.75, 3.05) is 7.11 Å². The van der Waals surface area contributed by atoms with Crippen molar-refractivity contribution in [1.82, 2.24) is 25.7 Å². The third-order valence-electron chi connectivity index (χ3n) is 4.98. The van der Waals surface area contributed by atoms with E-state index in [0.29, 0.717) is 22.7 Å². The van der Waals surface area contributed by atoms with Crippen molar-refractivity contribution >= 4 is 40.5 Å². The van der Waals surface area contributed by atoms with Gasteiger partial charge >= 0.3 is 5.97 Å². The number of carbonyl (C=O) groups is 3. The summed E-state index contributed by atoms with van der Waals surface area (Å²) in [5, 5.41) is 7.58. The van der Waals surface area contributed by atoms with Crippen LogP contribution in [0.3, 0.4) is 0 Å². The number of nitrogens with one attached hydrogen (secondary N) is 3. The van der Waals surface area contributed by atoms with Crippen LogP contribution in [0.5, 0.6) is 0 Å². The third kappa shape index (κ3) is 4.10. The number of ether oxygens (including phenoxy) is 1. The van der Waals surface area contributed by atoms with Gasteiger partial charge in [-0.2, -0.15) is 5.10 Å². The van der Waals surface area contributed by atoms with Crippen molar-refractivity contribution in [2.45, 2.75) is 19.4 Å². The van der Waals surface area contributed by atoms with E-state index in [9.17, 15) is 14.4 Å². The SMILES string of the molecule is COC(=O)C(Cc1c(/C=C2\C(=O)NN=C2c2cnccn2)[nH]c2ccccc12)NC(C)=O. The predicted octanol–water partition coefficient (Wildman–Crippen LogP) is 1.10. The van der Waals surface area contributed by atoms with Gasteiger partial charge in [-0.3, -0.25) is 19.6 Å². The van der Waals surface area contributed by atoms with E-state index in [1.54, 1.807) is 6.08 Å². The molecule has 0 aliphatic carbocycles. The molecule has 2 amide bonds. The first-order valence-electron chi connectivity index (χ1n) is 9.79. The van der Waals surface area contributed by atoms with Gasteiger partial charge in [0.25, 0.3) is 5.91 Å². The largest absolute Gasteiger partial charge is 0.467 e. The Hall–Kier alpha value is -4.34. The average Bonchev–Trinajstić information content (AvgIpc) is 3.33. The molecule has 0 saturated carbocycles. The molecule has 1 unspecified atom stereocenters. The fourth-order valence-corrected chi connectivity index (χ4v) is 3.58. The van der Waals surface area contributed by atoms with Crippen LogP contribution in [0.25, 0.3) is 17.0 Å². The summed E-state index contributed by atoms with van der Waals surface area (Å²) in [4.78, 5) is 48.0. The van der Waals surface area contributed by atoms with Crippen LogP contribution in [-0.2, 0) is 25.5 Å².